The van der Waals surface area contributed by atoms with E-state index in [9.17, 15) is 60.0 Å². The first-order valence-electron chi connectivity index (χ1n) is 19.4. The van der Waals surface area contributed by atoms with Crippen LogP contribution in [0.25, 0.3) is 0 Å². The number of hydrogen-bond donors (Lipinski definition) is 8. The van der Waals surface area contributed by atoms with Crippen molar-refractivity contribution >= 4 is 64.3 Å². The number of nitrogens with zero attached hydrogens (tertiary/aromatic N) is 8. The van der Waals surface area contributed by atoms with Crippen LogP contribution >= 0.6 is 0 Å². The van der Waals surface area contributed by atoms with Crippen LogP contribution in [0, 0.1) is 0 Å². The number of carboxylic acids is 4. The Morgan fingerprint density at radius 1 is 0.405 bits per heavy atom. The summed E-state index contributed by atoms with van der Waals surface area (Å²) < 4.78 is 184. The molecular weight excluding hydrogens is 1110 g/mol. The van der Waals surface area contributed by atoms with Crippen molar-refractivity contribution in [3.63, 3.8) is 0 Å². The number of carboxylic acid groups (broad SMARTS) is 4. The Bertz CT molecular complexity index is 2220. The van der Waals surface area contributed by atoms with Crippen molar-refractivity contribution in [1.29, 1.82) is 0 Å². The van der Waals surface area contributed by atoms with Gasteiger partial charge in [-0.2, -0.15) is 60.0 Å². The quantitative estimate of drug-likeness (QED) is 0.0795. The predicted octanol–water partition coefficient (Wildman–Crippen LogP) is 0.794. The number of alkyl halides is 6. The minimum absolute atomic E-state index is 0.715. The Morgan fingerprint density at radius 3 is 0.527 bits per heavy atom. The third-order valence-electron chi connectivity index (χ3n) is 5.24. The standard InChI is InChI=1S/4C6H11N2.2C2HF3O2.2C2H4O2.4CH4O3S/c4*1-3-8-5-4-7(2)6-8;2*3-2(4,5)1(6)7;2*1-2(3)4;4*1-5(2,3)4/h4*4-6H,3H2,1-2H3;2*(H,6,7);2*1H3,(H,3,4);4*1H3,(H,2,3,4)/q4*+1;;;;;;;;. The van der Waals surface area contributed by atoms with Gasteiger partial charge in [-0.25, -0.2) is 46.1 Å². The zero-order chi connectivity index (χ0) is 61.2. The number of aliphatic carboxylic acids is 4. The van der Waals surface area contributed by atoms with Crippen LogP contribution in [0.4, 0.5) is 26.3 Å². The van der Waals surface area contributed by atoms with Crippen molar-refractivity contribution < 1.29 is 136 Å². The first-order valence-corrected chi connectivity index (χ1v) is 26.8. The van der Waals surface area contributed by atoms with Gasteiger partial charge in [-0.15, -0.1) is 0 Å². The van der Waals surface area contributed by atoms with Crippen molar-refractivity contribution in [3.8, 4) is 0 Å². The average Bonchev–Trinajstić information content (AvgIpc) is 3.98. The number of hydrogen-bond acceptors (Lipinski definition) is 12. The maximum absolute atomic E-state index is 10.6. The fourth-order valence-electron chi connectivity index (χ4n) is 2.76. The van der Waals surface area contributed by atoms with Gasteiger partial charge in [0.25, 0.3) is 52.4 Å². The van der Waals surface area contributed by atoms with E-state index in [0.29, 0.717) is 25.0 Å². The summed E-state index contributed by atoms with van der Waals surface area (Å²) in [6.45, 7) is 14.9. The smallest absolute Gasteiger partial charge is 0.481 e. The number of rotatable bonds is 4. The third kappa shape index (κ3) is 112. The highest BCUT2D eigenvalue weighted by Gasteiger charge is 2.38. The van der Waals surface area contributed by atoms with Crippen molar-refractivity contribution in [1.82, 2.24) is 18.3 Å². The fourth-order valence-corrected chi connectivity index (χ4v) is 2.76. The molecule has 0 unspecified atom stereocenters. The van der Waals surface area contributed by atoms with Crippen LogP contribution < -0.4 is 18.3 Å². The Hall–Kier alpha value is -6.06. The van der Waals surface area contributed by atoms with Crippen LogP contribution in [0.2, 0.25) is 0 Å². The first kappa shape index (κ1) is 84.7. The average molecular weight is 1180 g/mol. The molecule has 74 heavy (non-hydrogen) atoms. The normalized spacial score (nSPS) is 10.2. The maximum Gasteiger partial charge on any atom is 0.490 e. The van der Waals surface area contributed by atoms with Gasteiger partial charge in [-0.3, -0.25) is 27.8 Å². The van der Waals surface area contributed by atoms with Gasteiger partial charge in [0.2, 0.25) is 25.3 Å². The van der Waals surface area contributed by atoms with E-state index in [1.807, 2.05) is 71.2 Å². The zero-order valence-corrected chi connectivity index (χ0v) is 46.0. The molecule has 0 atom stereocenters. The molecular formula is C36H70F6N8O20S4+4. The van der Waals surface area contributed by atoms with Crippen LogP contribution in [0.1, 0.15) is 41.5 Å². The molecule has 0 aliphatic carbocycles. The second-order valence-electron chi connectivity index (χ2n) is 13.2. The number of aryl methyl sites for hydroxylation is 8. The van der Waals surface area contributed by atoms with Gasteiger partial charge in [-0.05, 0) is 27.7 Å². The van der Waals surface area contributed by atoms with E-state index in [2.05, 4.69) is 96.1 Å². The highest BCUT2D eigenvalue weighted by Crippen LogP contribution is 2.13. The molecule has 4 rings (SSSR count). The number of imidazole rings is 4. The van der Waals surface area contributed by atoms with Gasteiger partial charge in [-0.1, -0.05) is 0 Å². The molecule has 0 saturated heterocycles. The molecule has 4 aromatic rings. The SMILES string of the molecule is CC(=O)O.CC(=O)O.CCn1cc[n+](C)c1.CCn1cc[n+](C)c1.CCn1cc[n+](C)c1.CCn1cc[n+](C)c1.CS(=O)(=O)O.CS(=O)(=O)O.CS(=O)(=O)O.CS(=O)(=O)O.O=C(O)C(F)(F)F.O=C(O)C(F)(F)F. The fraction of sp³-hybridized carbons (Fsp3) is 0.556. The Labute approximate surface area is 425 Å². The molecule has 0 saturated carbocycles. The van der Waals surface area contributed by atoms with E-state index in [1.54, 1.807) is 0 Å². The molecule has 28 nitrogen and oxygen atoms in total. The monoisotopic (exact) mass is 1180 g/mol. The molecule has 436 valence electrons. The Balaban J connectivity index is -0.000000108. The lowest BCUT2D eigenvalue weighted by Gasteiger charge is -1.93. The largest absolute Gasteiger partial charge is 0.490 e. The maximum atomic E-state index is 10.6. The van der Waals surface area contributed by atoms with E-state index in [1.165, 1.54) is 0 Å². The second kappa shape index (κ2) is 43.4. The van der Waals surface area contributed by atoms with Crippen molar-refractivity contribution in [3.05, 3.63) is 74.9 Å². The zero-order valence-electron chi connectivity index (χ0n) is 42.7. The lowest BCUT2D eigenvalue weighted by atomic mass is 10.7. The van der Waals surface area contributed by atoms with Gasteiger partial charge >= 0.3 is 24.3 Å². The molecule has 0 aliphatic heterocycles. The van der Waals surface area contributed by atoms with E-state index in [-0.39, 0.29) is 0 Å². The molecule has 4 heterocycles. The van der Waals surface area contributed by atoms with Crippen molar-refractivity contribution in [2.75, 3.05) is 25.0 Å². The summed E-state index contributed by atoms with van der Waals surface area (Å²) in [6.07, 6.45) is 17.3. The van der Waals surface area contributed by atoms with Crippen molar-refractivity contribution in [2.45, 2.75) is 80.1 Å². The highest BCUT2D eigenvalue weighted by molar-refractivity contribution is 7.85. The van der Waals surface area contributed by atoms with E-state index >= 15 is 0 Å². The van der Waals surface area contributed by atoms with Gasteiger partial charge < -0.3 is 20.4 Å². The first-order chi connectivity index (χ1) is 32.7. The third-order valence-corrected chi connectivity index (χ3v) is 5.24. The molecule has 4 aromatic heterocycles. The predicted molar refractivity (Wildman–Crippen MR) is 249 cm³/mol. The molecule has 38 heteroatoms. The molecule has 8 N–H and O–H groups in total. The van der Waals surface area contributed by atoms with Gasteiger partial charge in [0.15, 0.2) is 0 Å². The summed E-state index contributed by atoms with van der Waals surface area (Å²) in [4.78, 5) is 35.8. The molecule has 0 aromatic carbocycles. The van der Waals surface area contributed by atoms with Crippen LogP contribution in [-0.2, 0) is 114 Å². The summed E-state index contributed by atoms with van der Waals surface area (Å²) in [6, 6.07) is 0. The summed E-state index contributed by atoms with van der Waals surface area (Å²) >= 11 is 0. The van der Waals surface area contributed by atoms with Crippen molar-refractivity contribution in [2.24, 2.45) is 28.2 Å². The topological polar surface area (TPSA) is 402 Å². The molecule has 0 radical (unpaired) electrons. The molecule has 0 fully saturated rings. The minimum Gasteiger partial charge on any atom is -0.481 e. The van der Waals surface area contributed by atoms with Crippen LogP contribution in [0.5, 0.6) is 0 Å². The minimum atomic E-state index is -5.08. The molecule has 0 aliphatic rings. The second-order valence-corrected chi connectivity index (χ2v) is 19.1. The molecule has 0 bridgehead atoms. The van der Waals surface area contributed by atoms with Gasteiger partial charge in [0.1, 0.15) is 49.6 Å². The lowest BCUT2D eigenvalue weighted by Crippen LogP contribution is -2.23. The van der Waals surface area contributed by atoms with E-state index < -0.39 is 76.7 Å². The summed E-state index contributed by atoms with van der Waals surface area (Å²) in [5.74, 6) is -7.18. The summed E-state index contributed by atoms with van der Waals surface area (Å²) in [5, 5.41) is 29.1. The van der Waals surface area contributed by atoms with Crippen LogP contribution in [0.3, 0.4) is 0 Å². The van der Waals surface area contributed by atoms with Crippen LogP contribution in [-0.4, -0.2) is 152 Å². The summed E-state index contributed by atoms with van der Waals surface area (Å²) in [5.41, 5.74) is 0. The summed E-state index contributed by atoms with van der Waals surface area (Å²) in [7, 11) is -6.59. The van der Waals surface area contributed by atoms with Crippen LogP contribution in [0.15, 0.2) is 74.9 Å². The number of carbonyl (C=O) groups is 4. The lowest BCUT2D eigenvalue weighted by molar-refractivity contribution is -0.671. The number of aromatic nitrogens is 8. The van der Waals surface area contributed by atoms with Gasteiger partial charge in [0.05, 0.1) is 79.4 Å². The Morgan fingerprint density at radius 2 is 0.500 bits per heavy atom. The number of halogens is 6. The molecule has 0 amide bonds. The highest BCUT2D eigenvalue weighted by atomic mass is 32.2. The van der Waals surface area contributed by atoms with E-state index in [4.69, 9.17) is 57.8 Å². The molecule has 0 spiro atoms. The van der Waals surface area contributed by atoms with E-state index in [0.717, 1.165) is 40.0 Å². The van der Waals surface area contributed by atoms with Gasteiger partial charge in [0, 0.05) is 13.8 Å². The Kier molecular flexibility index (Phi) is 49.6.